The summed E-state index contributed by atoms with van der Waals surface area (Å²) < 4.78 is 12.0. The summed E-state index contributed by atoms with van der Waals surface area (Å²) in [6.45, 7) is 0. The third-order valence-corrected chi connectivity index (χ3v) is 3.91. The Morgan fingerprint density at radius 1 is 1.22 bits per heavy atom. The number of ketones is 1. The molecule has 0 spiro atoms. The van der Waals surface area contributed by atoms with Crippen LogP contribution in [0, 0.1) is 0 Å². The van der Waals surface area contributed by atoms with Crippen LogP contribution < -0.4 is 0 Å². The molecule has 1 nitrogen and oxygen atoms in total. The molecule has 0 bridgehead atoms. The largest absolute Gasteiger partial charge is 0.289 e. The fraction of sp³-hybridized carbons (Fsp3) is 0.154. The van der Waals surface area contributed by atoms with E-state index < -0.39 is 10.2 Å². The number of allylic oxidation sites excluding steroid dienone is 4. The maximum absolute atomic E-state index is 13.5. The van der Waals surface area contributed by atoms with Crippen LogP contribution in [0.5, 0.6) is 0 Å². The van der Waals surface area contributed by atoms with Gasteiger partial charge < -0.3 is 0 Å². The fourth-order valence-electron chi connectivity index (χ4n) is 1.68. The maximum Gasteiger partial charge on any atom is 0.189 e. The number of rotatable bonds is 2. The summed E-state index contributed by atoms with van der Waals surface area (Å²) in [6.07, 6.45) is 1.07. The lowest BCUT2D eigenvalue weighted by Gasteiger charge is -2.24. The molecule has 5 heteroatoms. The Balaban J connectivity index is 2.37. The molecule has 0 heterocycles. The molecule has 0 radical (unpaired) electrons. The maximum atomic E-state index is 13.5. The molecular formula is C13H8Cl3FO. The SMILES string of the molecule is O=C(C1=CC(F)=C(Cl)C(Cl)(Cl)C1)c1ccccc1. The van der Waals surface area contributed by atoms with E-state index in [-0.39, 0.29) is 22.8 Å². The molecule has 1 aromatic carbocycles. The zero-order valence-electron chi connectivity index (χ0n) is 9.09. The summed E-state index contributed by atoms with van der Waals surface area (Å²) in [5.41, 5.74) is 0.659. The zero-order valence-corrected chi connectivity index (χ0v) is 11.4. The Morgan fingerprint density at radius 2 is 1.83 bits per heavy atom. The summed E-state index contributed by atoms with van der Waals surface area (Å²) in [6, 6.07) is 8.53. The van der Waals surface area contributed by atoms with Gasteiger partial charge in [0.25, 0.3) is 0 Å². The molecule has 1 aromatic rings. The van der Waals surface area contributed by atoms with Crippen molar-refractivity contribution >= 4 is 40.6 Å². The molecule has 94 valence electrons. The monoisotopic (exact) mass is 304 g/mol. The molecule has 1 aliphatic rings. The van der Waals surface area contributed by atoms with E-state index in [1.165, 1.54) is 0 Å². The molecule has 0 N–H and O–H groups in total. The first-order chi connectivity index (χ1) is 8.42. The van der Waals surface area contributed by atoms with Crippen molar-refractivity contribution in [1.82, 2.24) is 0 Å². The normalized spacial score (nSPS) is 18.6. The molecule has 0 amide bonds. The van der Waals surface area contributed by atoms with Crippen LogP contribution in [0.3, 0.4) is 0 Å². The van der Waals surface area contributed by atoms with Crippen molar-refractivity contribution in [2.75, 3.05) is 0 Å². The molecule has 0 atom stereocenters. The quantitative estimate of drug-likeness (QED) is 0.567. The predicted octanol–water partition coefficient (Wildman–Crippen LogP) is 4.79. The van der Waals surface area contributed by atoms with Crippen molar-refractivity contribution in [3.05, 3.63) is 58.4 Å². The first-order valence-corrected chi connectivity index (χ1v) is 6.29. The highest BCUT2D eigenvalue weighted by Gasteiger charge is 2.37. The minimum Gasteiger partial charge on any atom is -0.289 e. The lowest BCUT2D eigenvalue weighted by Crippen LogP contribution is -2.22. The number of hydrogen-bond acceptors (Lipinski definition) is 1. The van der Waals surface area contributed by atoms with E-state index in [2.05, 4.69) is 0 Å². The Bertz CT molecular complexity index is 547. The number of carbonyl (C=O) groups is 1. The fourth-order valence-corrected chi connectivity index (χ4v) is 2.27. The van der Waals surface area contributed by atoms with Crippen molar-refractivity contribution in [2.45, 2.75) is 10.8 Å². The molecule has 18 heavy (non-hydrogen) atoms. The van der Waals surface area contributed by atoms with Crippen LogP contribution in [0.2, 0.25) is 0 Å². The van der Waals surface area contributed by atoms with E-state index in [1.54, 1.807) is 30.3 Å². The van der Waals surface area contributed by atoms with Crippen molar-refractivity contribution in [3.8, 4) is 0 Å². The second kappa shape index (κ2) is 5.04. The molecule has 0 unspecified atom stereocenters. The zero-order chi connectivity index (χ0) is 13.3. The third-order valence-electron chi connectivity index (χ3n) is 2.57. The summed E-state index contributed by atoms with van der Waals surface area (Å²) >= 11 is 17.4. The predicted molar refractivity (Wildman–Crippen MR) is 71.9 cm³/mol. The van der Waals surface area contributed by atoms with Gasteiger partial charge in [-0.2, -0.15) is 0 Å². The average molecular weight is 306 g/mol. The highest BCUT2D eigenvalue weighted by Crippen LogP contribution is 2.44. The van der Waals surface area contributed by atoms with Crippen molar-refractivity contribution in [1.29, 1.82) is 0 Å². The molecule has 0 saturated heterocycles. The Hall–Kier alpha value is -0.830. The highest BCUT2D eigenvalue weighted by molar-refractivity contribution is 6.56. The minimum atomic E-state index is -1.58. The first kappa shape index (κ1) is 13.6. The van der Waals surface area contributed by atoms with Crippen LogP contribution in [-0.2, 0) is 0 Å². The molecular weight excluding hydrogens is 297 g/mol. The molecule has 2 rings (SSSR count). The van der Waals surface area contributed by atoms with Crippen LogP contribution in [0.15, 0.2) is 52.8 Å². The van der Waals surface area contributed by atoms with E-state index in [0.29, 0.717) is 5.56 Å². The highest BCUT2D eigenvalue weighted by atomic mass is 35.5. The average Bonchev–Trinajstić information content (AvgIpc) is 2.35. The van der Waals surface area contributed by atoms with Crippen LogP contribution in [0.1, 0.15) is 16.8 Å². The third kappa shape index (κ3) is 2.61. The van der Waals surface area contributed by atoms with Gasteiger partial charge in [-0.05, 0) is 6.08 Å². The van der Waals surface area contributed by atoms with Crippen LogP contribution in [0.25, 0.3) is 0 Å². The first-order valence-electron chi connectivity index (χ1n) is 5.16. The van der Waals surface area contributed by atoms with Gasteiger partial charge in [0.15, 0.2) is 10.1 Å². The number of hydrogen-bond donors (Lipinski definition) is 0. The molecule has 0 fully saturated rings. The smallest absolute Gasteiger partial charge is 0.189 e. The van der Waals surface area contributed by atoms with Crippen molar-refractivity contribution in [3.63, 3.8) is 0 Å². The Morgan fingerprint density at radius 3 is 2.39 bits per heavy atom. The summed E-state index contributed by atoms with van der Waals surface area (Å²) in [7, 11) is 0. The molecule has 1 aliphatic carbocycles. The van der Waals surface area contributed by atoms with Crippen LogP contribution >= 0.6 is 34.8 Å². The van der Waals surface area contributed by atoms with Gasteiger partial charge in [-0.3, -0.25) is 4.79 Å². The van der Waals surface area contributed by atoms with Crippen molar-refractivity contribution < 1.29 is 9.18 Å². The minimum absolute atomic E-state index is 0.0178. The van der Waals surface area contributed by atoms with Gasteiger partial charge >= 0.3 is 0 Å². The number of Topliss-reactive ketones (excluding diaryl/α,β-unsaturated/α-hetero) is 1. The summed E-state index contributed by atoms with van der Waals surface area (Å²) in [4.78, 5) is 12.1. The van der Waals surface area contributed by atoms with Gasteiger partial charge in [0, 0.05) is 17.6 Å². The van der Waals surface area contributed by atoms with E-state index in [1.807, 2.05) is 0 Å². The molecule has 0 aliphatic heterocycles. The van der Waals surface area contributed by atoms with Gasteiger partial charge in [-0.1, -0.05) is 65.1 Å². The molecule has 0 aromatic heterocycles. The number of alkyl halides is 2. The Kier molecular flexibility index (Phi) is 3.81. The standard InChI is InChI=1S/C13H8Cl3FO/c14-12-10(17)6-9(7-13(12,15)16)11(18)8-4-2-1-3-5-8/h1-6H,7H2. The summed E-state index contributed by atoms with van der Waals surface area (Å²) in [5, 5.41) is -0.282. The van der Waals surface area contributed by atoms with E-state index in [0.717, 1.165) is 6.08 Å². The number of halogens is 4. The number of carbonyl (C=O) groups excluding carboxylic acids is 1. The second-order valence-corrected chi connectivity index (χ2v) is 5.77. The van der Waals surface area contributed by atoms with Crippen molar-refractivity contribution in [2.24, 2.45) is 0 Å². The number of benzene rings is 1. The van der Waals surface area contributed by atoms with Gasteiger partial charge in [-0.15, -0.1) is 0 Å². The van der Waals surface area contributed by atoms with Crippen LogP contribution in [-0.4, -0.2) is 10.1 Å². The van der Waals surface area contributed by atoms with E-state index in [9.17, 15) is 9.18 Å². The lowest BCUT2D eigenvalue weighted by atomic mass is 9.95. The van der Waals surface area contributed by atoms with Gasteiger partial charge in [0.1, 0.15) is 5.83 Å². The van der Waals surface area contributed by atoms with Gasteiger partial charge in [0.05, 0.1) is 5.03 Å². The Labute approximate surface area is 119 Å². The van der Waals surface area contributed by atoms with Crippen LogP contribution in [0.4, 0.5) is 4.39 Å². The summed E-state index contributed by atoms with van der Waals surface area (Å²) in [5.74, 6) is -1.08. The molecule has 0 saturated carbocycles. The van der Waals surface area contributed by atoms with E-state index in [4.69, 9.17) is 34.8 Å². The van der Waals surface area contributed by atoms with E-state index >= 15 is 0 Å². The lowest BCUT2D eigenvalue weighted by molar-refractivity contribution is 0.102. The van der Waals surface area contributed by atoms with Gasteiger partial charge in [0.2, 0.25) is 0 Å². The second-order valence-electron chi connectivity index (χ2n) is 3.91. The topological polar surface area (TPSA) is 17.1 Å². The van der Waals surface area contributed by atoms with Gasteiger partial charge in [-0.25, -0.2) is 4.39 Å².